The molecular weight excluding hydrogens is 358 g/mol. The second kappa shape index (κ2) is 6.27. The van der Waals surface area contributed by atoms with Crippen molar-refractivity contribution in [2.75, 3.05) is 4.90 Å². The van der Waals surface area contributed by atoms with Crippen molar-refractivity contribution in [3.63, 3.8) is 0 Å². The third-order valence-electron chi connectivity index (χ3n) is 5.54. The summed E-state index contributed by atoms with van der Waals surface area (Å²) in [4.78, 5) is 14.7. The summed E-state index contributed by atoms with van der Waals surface area (Å²) in [6.45, 7) is 1.52. The van der Waals surface area contributed by atoms with Gasteiger partial charge in [0.1, 0.15) is 0 Å². The number of anilines is 1. The number of hydrogen-bond donors (Lipinski definition) is 0. The van der Waals surface area contributed by atoms with Gasteiger partial charge in [-0.05, 0) is 36.2 Å². The molecule has 132 valence electrons. The lowest BCUT2D eigenvalue weighted by Crippen LogP contribution is -2.43. The van der Waals surface area contributed by atoms with Crippen LogP contribution < -0.4 is 4.90 Å². The number of rotatable bonds is 2. The molecule has 3 atom stereocenters. The number of hydrogen-bond acceptors (Lipinski definition) is 4. The highest BCUT2D eigenvalue weighted by atomic mass is 35.5. The number of nitrogens with zero attached hydrogens (tertiary/aromatic N) is 3. The maximum absolute atomic E-state index is 12.8. The SMILES string of the molecule is CC(=O)[C@@H]1[C@H](c2cccc(Cl)c2)C(C#N)(C#N)[C@H]2C=Cc3ccccc3N12. The van der Waals surface area contributed by atoms with Gasteiger partial charge in [0.05, 0.1) is 24.2 Å². The molecule has 0 saturated carbocycles. The maximum Gasteiger partial charge on any atom is 0.176 e. The average molecular weight is 374 g/mol. The molecular formula is C22H16ClN3O. The second-order valence-corrected chi connectivity index (χ2v) is 7.39. The van der Waals surface area contributed by atoms with Crippen molar-refractivity contribution in [3.05, 3.63) is 70.8 Å². The van der Waals surface area contributed by atoms with Crippen LogP contribution >= 0.6 is 11.6 Å². The first-order chi connectivity index (χ1) is 13.0. The molecule has 0 N–H and O–H groups in total. The Balaban J connectivity index is 2.01. The fourth-order valence-electron chi connectivity index (χ4n) is 4.46. The van der Waals surface area contributed by atoms with Gasteiger partial charge < -0.3 is 4.90 Å². The first kappa shape index (κ1) is 17.3. The number of halogens is 1. The Morgan fingerprint density at radius 3 is 2.56 bits per heavy atom. The lowest BCUT2D eigenvalue weighted by Gasteiger charge is -2.35. The molecule has 5 heteroatoms. The van der Waals surface area contributed by atoms with Crippen molar-refractivity contribution >= 4 is 29.1 Å². The zero-order valence-electron chi connectivity index (χ0n) is 14.6. The van der Waals surface area contributed by atoms with Gasteiger partial charge >= 0.3 is 0 Å². The molecule has 0 amide bonds. The number of benzene rings is 2. The Labute approximate surface area is 162 Å². The molecule has 0 aromatic heterocycles. The summed E-state index contributed by atoms with van der Waals surface area (Å²) in [6, 6.07) is 18.2. The van der Waals surface area contributed by atoms with Crippen molar-refractivity contribution in [3.8, 4) is 12.1 Å². The molecule has 2 aromatic carbocycles. The van der Waals surface area contributed by atoms with Crippen LogP contribution in [0.25, 0.3) is 6.08 Å². The average Bonchev–Trinajstić information content (AvgIpc) is 2.99. The molecule has 0 unspecified atom stereocenters. The van der Waals surface area contributed by atoms with E-state index in [1.165, 1.54) is 6.92 Å². The van der Waals surface area contributed by atoms with Gasteiger partial charge in [-0.1, -0.05) is 54.1 Å². The van der Waals surface area contributed by atoms with E-state index in [1.807, 2.05) is 47.4 Å². The molecule has 2 heterocycles. The fourth-order valence-corrected chi connectivity index (χ4v) is 4.66. The Morgan fingerprint density at radius 2 is 1.89 bits per heavy atom. The number of carbonyl (C=O) groups is 1. The highest BCUT2D eigenvalue weighted by Gasteiger charge is 2.62. The van der Waals surface area contributed by atoms with Crippen molar-refractivity contribution in [1.82, 2.24) is 0 Å². The van der Waals surface area contributed by atoms with E-state index in [4.69, 9.17) is 11.6 Å². The summed E-state index contributed by atoms with van der Waals surface area (Å²) in [5, 5.41) is 20.8. The first-order valence-corrected chi connectivity index (χ1v) is 9.05. The summed E-state index contributed by atoms with van der Waals surface area (Å²) in [6.07, 6.45) is 3.80. The predicted octanol–water partition coefficient (Wildman–Crippen LogP) is 4.33. The Morgan fingerprint density at radius 1 is 1.15 bits per heavy atom. The topological polar surface area (TPSA) is 67.9 Å². The van der Waals surface area contributed by atoms with Crippen molar-refractivity contribution in [2.24, 2.45) is 5.41 Å². The fraction of sp³-hybridized carbons (Fsp3) is 0.227. The van der Waals surface area contributed by atoms with Gasteiger partial charge in [0.25, 0.3) is 0 Å². The van der Waals surface area contributed by atoms with Crippen molar-refractivity contribution in [1.29, 1.82) is 10.5 Å². The van der Waals surface area contributed by atoms with Gasteiger partial charge in [-0.2, -0.15) is 10.5 Å². The van der Waals surface area contributed by atoms with Crippen LogP contribution in [-0.4, -0.2) is 17.9 Å². The number of ketones is 1. The first-order valence-electron chi connectivity index (χ1n) is 8.67. The summed E-state index contributed by atoms with van der Waals surface area (Å²) in [7, 11) is 0. The van der Waals surface area contributed by atoms with Crippen LogP contribution in [-0.2, 0) is 4.79 Å². The summed E-state index contributed by atoms with van der Waals surface area (Å²) in [5.74, 6) is -0.688. The minimum Gasteiger partial charge on any atom is -0.351 e. The van der Waals surface area contributed by atoms with Crippen LogP contribution in [0.4, 0.5) is 5.69 Å². The molecule has 2 aliphatic heterocycles. The molecule has 2 aliphatic rings. The molecule has 4 nitrogen and oxygen atoms in total. The highest BCUT2D eigenvalue weighted by Crippen LogP contribution is 2.55. The smallest absolute Gasteiger partial charge is 0.176 e. The van der Waals surface area contributed by atoms with Crippen molar-refractivity contribution < 1.29 is 4.79 Å². The highest BCUT2D eigenvalue weighted by molar-refractivity contribution is 6.30. The quantitative estimate of drug-likeness (QED) is 0.785. The Kier molecular flexibility index (Phi) is 4.02. The summed E-state index contributed by atoms with van der Waals surface area (Å²) >= 11 is 6.19. The van der Waals surface area contributed by atoms with E-state index in [2.05, 4.69) is 12.1 Å². The van der Waals surface area contributed by atoms with Crippen LogP contribution in [0.1, 0.15) is 24.0 Å². The van der Waals surface area contributed by atoms with Crippen LogP contribution in [0.5, 0.6) is 0 Å². The minimum atomic E-state index is -1.40. The zero-order valence-corrected chi connectivity index (χ0v) is 15.4. The van der Waals surface area contributed by atoms with Crippen LogP contribution in [0.15, 0.2) is 54.6 Å². The molecule has 0 radical (unpaired) electrons. The van der Waals surface area contributed by atoms with E-state index in [1.54, 1.807) is 18.2 Å². The van der Waals surface area contributed by atoms with Crippen LogP contribution in [0.2, 0.25) is 5.02 Å². The predicted molar refractivity (Wildman–Crippen MR) is 104 cm³/mol. The van der Waals surface area contributed by atoms with Gasteiger partial charge in [-0.15, -0.1) is 0 Å². The molecule has 0 spiro atoms. The van der Waals surface area contributed by atoms with Gasteiger partial charge in [0.2, 0.25) is 0 Å². The van der Waals surface area contributed by atoms with Crippen molar-refractivity contribution in [2.45, 2.75) is 24.9 Å². The van der Waals surface area contributed by atoms with Gasteiger partial charge in [-0.3, -0.25) is 4.79 Å². The van der Waals surface area contributed by atoms with Crippen LogP contribution in [0.3, 0.4) is 0 Å². The summed E-state index contributed by atoms with van der Waals surface area (Å²) in [5.41, 5.74) is 1.16. The van der Waals surface area contributed by atoms with Gasteiger partial charge in [0, 0.05) is 16.6 Å². The lowest BCUT2D eigenvalue weighted by atomic mass is 9.69. The summed E-state index contributed by atoms with van der Waals surface area (Å²) < 4.78 is 0. The third kappa shape index (κ3) is 2.38. The van der Waals surface area contributed by atoms with E-state index in [0.29, 0.717) is 5.02 Å². The normalized spacial score (nSPS) is 24.4. The van der Waals surface area contributed by atoms with E-state index in [-0.39, 0.29) is 5.78 Å². The monoisotopic (exact) mass is 373 g/mol. The Bertz CT molecular complexity index is 1030. The molecule has 2 aromatic rings. The maximum atomic E-state index is 12.8. The molecule has 4 rings (SSSR count). The number of carbonyl (C=O) groups excluding carboxylic acids is 1. The van der Waals surface area contributed by atoms with E-state index < -0.39 is 23.4 Å². The zero-order chi connectivity index (χ0) is 19.2. The molecule has 0 bridgehead atoms. The van der Waals surface area contributed by atoms with E-state index in [9.17, 15) is 15.3 Å². The van der Waals surface area contributed by atoms with E-state index >= 15 is 0 Å². The van der Waals surface area contributed by atoms with Gasteiger partial charge in [-0.25, -0.2) is 0 Å². The molecule has 27 heavy (non-hydrogen) atoms. The van der Waals surface area contributed by atoms with E-state index in [0.717, 1.165) is 16.8 Å². The van der Waals surface area contributed by atoms with Gasteiger partial charge in [0.15, 0.2) is 11.2 Å². The number of Topliss-reactive ketones (excluding diaryl/α,β-unsaturated/α-hetero) is 1. The Hall–Kier alpha value is -3.08. The number of fused-ring (bicyclic) bond motifs is 3. The van der Waals surface area contributed by atoms with Crippen LogP contribution in [0, 0.1) is 28.1 Å². The number of para-hydroxylation sites is 1. The largest absolute Gasteiger partial charge is 0.351 e. The second-order valence-electron chi connectivity index (χ2n) is 6.95. The standard InChI is InChI=1S/C22H16ClN3O/c1-14(27)21-20(16-6-4-7-17(23)11-16)22(12-24,13-25)19-10-9-15-5-2-3-8-18(15)26(19)21/h2-11,19-21H,1H3/t19-,20+,21-/m1/s1. The minimum absolute atomic E-state index is 0.0811. The number of nitriles is 2. The lowest BCUT2D eigenvalue weighted by molar-refractivity contribution is -0.118. The molecule has 1 saturated heterocycles. The molecule has 0 aliphatic carbocycles. The molecule has 1 fully saturated rings. The third-order valence-corrected chi connectivity index (χ3v) is 5.77.